The normalized spacial score (nSPS) is 11.0. The van der Waals surface area contributed by atoms with Gasteiger partial charge in [-0.2, -0.15) is 4.98 Å². The Bertz CT molecular complexity index is 1220. The SMILES string of the molecule is COc1cccc(-c2cccc3nc(Nc4ccc(C(=O)NCCN(C)C)cc4)nn23)c1. The van der Waals surface area contributed by atoms with Crippen LogP contribution in [0.25, 0.3) is 16.9 Å². The minimum absolute atomic E-state index is 0.0906. The molecule has 0 saturated carbocycles. The summed E-state index contributed by atoms with van der Waals surface area (Å²) >= 11 is 0. The Morgan fingerprint density at radius 2 is 1.84 bits per heavy atom. The first kappa shape index (κ1) is 21.3. The monoisotopic (exact) mass is 430 g/mol. The minimum Gasteiger partial charge on any atom is -0.497 e. The molecule has 4 rings (SSSR count). The smallest absolute Gasteiger partial charge is 0.251 e. The van der Waals surface area contributed by atoms with Crippen LogP contribution in [-0.4, -0.2) is 59.7 Å². The second-order valence-electron chi connectivity index (χ2n) is 7.61. The number of anilines is 2. The van der Waals surface area contributed by atoms with Crippen LogP contribution >= 0.6 is 0 Å². The molecule has 0 saturated heterocycles. The van der Waals surface area contributed by atoms with Gasteiger partial charge in [-0.1, -0.05) is 18.2 Å². The molecule has 2 aromatic carbocycles. The van der Waals surface area contributed by atoms with Gasteiger partial charge in [-0.25, -0.2) is 4.52 Å². The molecule has 0 fully saturated rings. The van der Waals surface area contributed by atoms with Gasteiger partial charge in [-0.05, 0) is 62.6 Å². The van der Waals surface area contributed by atoms with Gasteiger partial charge in [0.15, 0.2) is 5.65 Å². The van der Waals surface area contributed by atoms with Gasteiger partial charge in [0, 0.05) is 29.9 Å². The third-order valence-electron chi connectivity index (χ3n) is 4.97. The molecule has 2 N–H and O–H groups in total. The Morgan fingerprint density at radius 3 is 2.59 bits per heavy atom. The number of methoxy groups -OCH3 is 1. The first-order chi connectivity index (χ1) is 15.5. The fraction of sp³-hybridized carbons (Fsp3) is 0.208. The first-order valence-electron chi connectivity index (χ1n) is 10.3. The molecule has 2 heterocycles. The van der Waals surface area contributed by atoms with Crippen LogP contribution in [0.3, 0.4) is 0 Å². The molecule has 0 bridgehead atoms. The number of nitrogens with zero attached hydrogens (tertiary/aromatic N) is 4. The maximum absolute atomic E-state index is 12.2. The van der Waals surface area contributed by atoms with E-state index in [9.17, 15) is 4.79 Å². The predicted octanol–water partition coefficient (Wildman–Crippen LogP) is 3.44. The number of hydrogen-bond acceptors (Lipinski definition) is 6. The lowest BCUT2D eigenvalue weighted by molar-refractivity contribution is 0.0951. The van der Waals surface area contributed by atoms with Crippen LogP contribution in [0.1, 0.15) is 10.4 Å². The van der Waals surface area contributed by atoms with E-state index in [-0.39, 0.29) is 5.91 Å². The van der Waals surface area contributed by atoms with E-state index in [1.54, 1.807) is 23.8 Å². The number of likely N-dealkylation sites (N-methyl/N-ethyl adjacent to an activating group) is 1. The van der Waals surface area contributed by atoms with Gasteiger partial charge in [0.05, 0.1) is 12.8 Å². The molecule has 0 aliphatic carbocycles. The third kappa shape index (κ3) is 4.87. The topological polar surface area (TPSA) is 83.8 Å². The van der Waals surface area contributed by atoms with Gasteiger partial charge in [0.1, 0.15) is 5.75 Å². The number of aromatic nitrogens is 3. The summed E-state index contributed by atoms with van der Waals surface area (Å²) in [6.07, 6.45) is 0. The molecule has 164 valence electrons. The van der Waals surface area contributed by atoms with Crippen LogP contribution in [0.5, 0.6) is 5.75 Å². The molecule has 0 spiro atoms. The maximum atomic E-state index is 12.2. The number of ether oxygens (including phenoxy) is 1. The number of amides is 1. The molecule has 0 aliphatic rings. The van der Waals surface area contributed by atoms with E-state index >= 15 is 0 Å². The van der Waals surface area contributed by atoms with Crippen molar-refractivity contribution in [3.63, 3.8) is 0 Å². The molecule has 8 nitrogen and oxygen atoms in total. The van der Waals surface area contributed by atoms with Crippen molar-refractivity contribution in [2.45, 2.75) is 0 Å². The quantitative estimate of drug-likeness (QED) is 0.446. The minimum atomic E-state index is -0.0906. The zero-order chi connectivity index (χ0) is 22.5. The summed E-state index contributed by atoms with van der Waals surface area (Å²) in [6.45, 7) is 1.40. The predicted molar refractivity (Wildman–Crippen MR) is 126 cm³/mol. The number of nitrogens with one attached hydrogen (secondary N) is 2. The van der Waals surface area contributed by atoms with E-state index in [0.29, 0.717) is 18.1 Å². The summed E-state index contributed by atoms with van der Waals surface area (Å²) in [6, 6.07) is 20.9. The van der Waals surface area contributed by atoms with Crippen molar-refractivity contribution in [1.29, 1.82) is 0 Å². The van der Waals surface area contributed by atoms with Crippen LogP contribution in [-0.2, 0) is 0 Å². The Labute approximate surface area is 186 Å². The molecule has 1 amide bonds. The average Bonchev–Trinajstić information content (AvgIpc) is 3.21. The number of carbonyl (C=O) groups is 1. The van der Waals surface area contributed by atoms with Crippen molar-refractivity contribution in [2.24, 2.45) is 0 Å². The van der Waals surface area contributed by atoms with E-state index in [2.05, 4.69) is 20.7 Å². The molecular weight excluding hydrogens is 404 g/mol. The standard InChI is InChI=1S/C24H26N6O2/c1-29(2)15-14-25-23(31)17-10-12-19(13-11-17)26-24-27-22-9-5-8-21(30(22)28-24)18-6-4-7-20(16-18)32-3/h4-13,16H,14-15H2,1-3H3,(H,25,31)(H,26,28). The summed E-state index contributed by atoms with van der Waals surface area (Å²) in [5.41, 5.74) is 4.03. The molecule has 32 heavy (non-hydrogen) atoms. The number of carbonyl (C=O) groups excluding carboxylic acids is 1. The van der Waals surface area contributed by atoms with Gasteiger partial charge in [0.2, 0.25) is 5.95 Å². The van der Waals surface area contributed by atoms with Crippen molar-refractivity contribution >= 4 is 23.2 Å². The number of fused-ring (bicyclic) bond motifs is 1. The lowest BCUT2D eigenvalue weighted by atomic mass is 10.1. The van der Waals surface area contributed by atoms with Crippen molar-refractivity contribution in [1.82, 2.24) is 24.8 Å². The third-order valence-corrected chi connectivity index (χ3v) is 4.97. The van der Waals surface area contributed by atoms with Crippen LogP contribution in [0.2, 0.25) is 0 Å². The Morgan fingerprint density at radius 1 is 1.06 bits per heavy atom. The van der Waals surface area contributed by atoms with E-state index < -0.39 is 0 Å². The lowest BCUT2D eigenvalue weighted by Crippen LogP contribution is -2.31. The zero-order valence-electron chi connectivity index (χ0n) is 18.4. The van der Waals surface area contributed by atoms with Gasteiger partial charge in [-0.3, -0.25) is 4.79 Å². The summed E-state index contributed by atoms with van der Waals surface area (Å²) in [4.78, 5) is 18.8. The number of hydrogen-bond donors (Lipinski definition) is 2. The van der Waals surface area contributed by atoms with E-state index in [0.717, 1.165) is 34.9 Å². The highest BCUT2D eigenvalue weighted by Crippen LogP contribution is 2.25. The molecule has 2 aromatic heterocycles. The fourth-order valence-corrected chi connectivity index (χ4v) is 3.29. The van der Waals surface area contributed by atoms with Crippen molar-refractivity contribution < 1.29 is 9.53 Å². The van der Waals surface area contributed by atoms with E-state index in [1.165, 1.54) is 0 Å². The highest BCUT2D eigenvalue weighted by Gasteiger charge is 2.11. The summed E-state index contributed by atoms with van der Waals surface area (Å²) in [5.74, 6) is 1.17. The van der Waals surface area contributed by atoms with Crippen molar-refractivity contribution in [2.75, 3.05) is 39.6 Å². The van der Waals surface area contributed by atoms with Gasteiger partial charge >= 0.3 is 0 Å². The summed E-state index contributed by atoms with van der Waals surface area (Å²) < 4.78 is 7.14. The molecule has 8 heteroatoms. The van der Waals surface area contributed by atoms with Crippen molar-refractivity contribution in [3.05, 3.63) is 72.3 Å². The number of pyridine rings is 1. The molecule has 0 aliphatic heterocycles. The molecular formula is C24H26N6O2. The maximum Gasteiger partial charge on any atom is 0.251 e. The van der Waals surface area contributed by atoms with Crippen molar-refractivity contribution in [3.8, 4) is 17.0 Å². The number of rotatable bonds is 8. The molecule has 0 radical (unpaired) electrons. The summed E-state index contributed by atoms with van der Waals surface area (Å²) in [5, 5.41) is 10.7. The molecule has 4 aromatic rings. The number of benzene rings is 2. The van der Waals surface area contributed by atoms with Crippen LogP contribution in [0.4, 0.5) is 11.6 Å². The van der Waals surface area contributed by atoms with Crippen LogP contribution in [0, 0.1) is 0 Å². The lowest BCUT2D eigenvalue weighted by Gasteiger charge is -2.10. The highest BCUT2D eigenvalue weighted by atomic mass is 16.5. The van der Waals surface area contributed by atoms with Gasteiger partial charge in [-0.15, -0.1) is 5.10 Å². The van der Waals surface area contributed by atoms with Gasteiger partial charge < -0.3 is 20.3 Å². The van der Waals surface area contributed by atoms with E-state index in [4.69, 9.17) is 4.74 Å². The largest absolute Gasteiger partial charge is 0.497 e. The van der Waals surface area contributed by atoms with E-state index in [1.807, 2.05) is 73.6 Å². The molecule has 0 atom stereocenters. The van der Waals surface area contributed by atoms with Gasteiger partial charge in [0.25, 0.3) is 5.91 Å². The second-order valence-corrected chi connectivity index (χ2v) is 7.61. The van der Waals surface area contributed by atoms with Crippen LogP contribution < -0.4 is 15.4 Å². The Balaban J connectivity index is 1.51. The second kappa shape index (κ2) is 9.49. The Kier molecular flexibility index (Phi) is 6.32. The Hall–Kier alpha value is -3.91. The fourth-order valence-electron chi connectivity index (χ4n) is 3.29. The summed E-state index contributed by atoms with van der Waals surface area (Å²) in [7, 11) is 5.59. The highest BCUT2D eigenvalue weighted by molar-refractivity contribution is 5.94. The average molecular weight is 431 g/mol. The first-order valence-corrected chi connectivity index (χ1v) is 10.3. The molecule has 0 unspecified atom stereocenters. The van der Waals surface area contributed by atoms with Crippen LogP contribution in [0.15, 0.2) is 66.7 Å². The zero-order valence-corrected chi connectivity index (χ0v) is 18.4.